The van der Waals surface area contributed by atoms with Crippen LogP contribution in [0.25, 0.3) is 0 Å². The predicted molar refractivity (Wildman–Crippen MR) is 138 cm³/mol. The van der Waals surface area contributed by atoms with Gasteiger partial charge in [0, 0.05) is 18.2 Å². The van der Waals surface area contributed by atoms with Crippen molar-refractivity contribution in [2.75, 3.05) is 18.5 Å². The van der Waals surface area contributed by atoms with Crippen LogP contribution in [0.2, 0.25) is 0 Å². The Bertz CT molecular complexity index is 1200. The zero-order valence-corrected chi connectivity index (χ0v) is 21.6. The number of halogens is 1. The van der Waals surface area contributed by atoms with Crippen LogP contribution in [-0.2, 0) is 9.59 Å². The van der Waals surface area contributed by atoms with Gasteiger partial charge in [0.05, 0.1) is 12.3 Å². The van der Waals surface area contributed by atoms with Crippen LogP contribution in [0.5, 0.6) is 5.75 Å². The molecule has 37 heavy (non-hydrogen) atoms. The fourth-order valence-electron chi connectivity index (χ4n) is 5.59. The molecule has 0 unspecified atom stereocenters. The maximum absolute atomic E-state index is 13.8. The number of para-hydroxylation sites is 1. The number of nitrogens with one attached hydrogen (secondary N) is 1. The summed E-state index contributed by atoms with van der Waals surface area (Å²) in [6.07, 6.45) is 2.77. The third-order valence-corrected chi connectivity index (χ3v) is 7.61. The van der Waals surface area contributed by atoms with Gasteiger partial charge in [0.2, 0.25) is 11.8 Å². The lowest BCUT2D eigenvalue weighted by Gasteiger charge is -2.33. The van der Waals surface area contributed by atoms with Gasteiger partial charge in [-0.25, -0.2) is 4.39 Å². The number of nitrogens with zero attached hydrogens (tertiary/aromatic N) is 2. The maximum atomic E-state index is 13.8. The van der Waals surface area contributed by atoms with Gasteiger partial charge in [-0.3, -0.25) is 14.4 Å². The number of carbonyl (C=O) groups is 3. The van der Waals surface area contributed by atoms with Crippen molar-refractivity contribution in [3.63, 3.8) is 0 Å². The van der Waals surface area contributed by atoms with E-state index in [1.807, 2.05) is 25.1 Å². The van der Waals surface area contributed by atoms with Gasteiger partial charge in [-0.2, -0.15) is 0 Å². The minimum Gasteiger partial charge on any atom is -0.491 e. The highest BCUT2D eigenvalue weighted by Crippen LogP contribution is 2.49. The lowest BCUT2D eigenvalue weighted by atomic mass is 10.1. The summed E-state index contributed by atoms with van der Waals surface area (Å²) in [4.78, 5) is 43.8. The Labute approximate surface area is 217 Å². The van der Waals surface area contributed by atoms with Crippen molar-refractivity contribution in [2.24, 2.45) is 11.8 Å². The van der Waals surface area contributed by atoms with Crippen LogP contribution < -0.4 is 10.1 Å². The van der Waals surface area contributed by atoms with Crippen LogP contribution in [-0.4, -0.2) is 58.8 Å². The van der Waals surface area contributed by atoms with Gasteiger partial charge in [0.1, 0.15) is 23.7 Å². The van der Waals surface area contributed by atoms with Crippen molar-refractivity contribution in [3.8, 4) is 5.75 Å². The summed E-state index contributed by atoms with van der Waals surface area (Å²) in [5, 5.41) is 3.05. The van der Waals surface area contributed by atoms with E-state index < -0.39 is 17.9 Å². The van der Waals surface area contributed by atoms with Crippen molar-refractivity contribution < 1.29 is 23.5 Å². The van der Waals surface area contributed by atoms with E-state index in [1.54, 1.807) is 9.80 Å². The second-order valence-corrected chi connectivity index (χ2v) is 10.9. The predicted octanol–water partition coefficient (Wildman–Crippen LogP) is 4.40. The smallest absolute Gasteiger partial charge is 0.254 e. The maximum Gasteiger partial charge on any atom is 0.254 e. The SMILES string of the molecule is Cc1cccc(OCC(C)C)c1NC(=O)[C@H]1C[C@@H]2C[C@@H]2N1C(=O)[C@@H]1CCCN1C(=O)c1ccc(F)cc1. The number of hydrogen-bond acceptors (Lipinski definition) is 4. The molecule has 2 heterocycles. The molecule has 2 saturated heterocycles. The number of benzene rings is 2. The summed E-state index contributed by atoms with van der Waals surface area (Å²) < 4.78 is 19.3. The van der Waals surface area contributed by atoms with E-state index in [4.69, 9.17) is 4.74 Å². The van der Waals surface area contributed by atoms with Crippen molar-refractivity contribution in [3.05, 3.63) is 59.4 Å². The van der Waals surface area contributed by atoms with Gasteiger partial charge in [-0.05, 0) is 80.3 Å². The zero-order chi connectivity index (χ0) is 26.3. The molecule has 0 aromatic heterocycles. The van der Waals surface area contributed by atoms with Crippen molar-refractivity contribution in [1.82, 2.24) is 9.80 Å². The average molecular weight is 508 g/mol. The van der Waals surface area contributed by atoms with Gasteiger partial charge >= 0.3 is 0 Å². The molecule has 1 aliphatic carbocycles. The third-order valence-electron chi connectivity index (χ3n) is 7.61. The second kappa shape index (κ2) is 10.1. The summed E-state index contributed by atoms with van der Waals surface area (Å²) in [7, 11) is 0. The molecule has 3 amide bonds. The Morgan fingerprint density at radius 3 is 2.57 bits per heavy atom. The van der Waals surface area contributed by atoms with Gasteiger partial charge < -0.3 is 19.9 Å². The molecule has 1 N–H and O–H groups in total. The second-order valence-electron chi connectivity index (χ2n) is 10.9. The molecular weight excluding hydrogens is 473 g/mol. The first kappa shape index (κ1) is 25.2. The molecule has 8 heteroatoms. The molecule has 4 atom stereocenters. The molecular formula is C29H34FN3O4. The third kappa shape index (κ3) is 5.06. The molecule has 0 spiro atoms. The van der Waals surface area contributed by atoms with E-state index in [0.717, 1.165) is 12.0 Å². The molecule has 196 valence electrons. The quantitative estimate of drug-likeness (QED) is 0.603. The molecule has 2 aliphatic heterocycles. The number of fused-ring (bicyclic) bond motifs is 1. The monoisotopic (exact) mass is 507 g/mol. The highest BCUT2D eigenvalue weighted by Gasteiger charge is 2.57. The molecule has 1 saturated carbocycles. The van der Waals surface area contributed by atoms with Crippen LogP contribution in [0.15, 0.2) is 42.5 Å². The van der Waals surface area contributed by atoms with Crippen LogP contribution in [0.4, 0.5) is 10.1 Å². The molecule has 3 aliphatic rings. The number of rotatable bonds is 7. The highest BCUT2D eigenvalue weighted by atomic mass is 19.1. The fraction of sp³-hybridized carbons (Fsp3) is 0.483. The van der Waals surface area contributed by atoms with Crippen LogP contribution in [0, 0.1) is 24.6 Å². The first-order valence-electron chi connectivity index (χ1n) is 13.2. The Balaban J connectivity index is 1.33. The Hall–Kier alpha value is -3.42. The minimum absolute atomic E-state index is 0.0418. The summed E-state index contributed by atoms with van der Waals surface area (Å²) >= 11 is 0. The molecule has 7 nitrogen and oxygen atoms in total. The van der Waals surface area contributed by atoms with Crippen molar-refractivity contribution in [1.29, 1.82) is 0 Å². The highest BCUT2D eigenvalue weighted by molar-refractivity contribution is 6.02. The van der Waals surface area contributed by atoms with Gasteiger partial charge in [-0.15, -0.1) is 0 Å². The Morgan fingerprint density at radius 1 is 1.08 bits per heavy atom. The summed E-state index contributed by atoms with van der Waals surface area (Å²) in [6.45, 7) is 7.05. The lowest BCUT2D eigenvalue weighted by molar-refractivity contribution is -0.141. The molecule has 0 bridgehead atoms. The lowest BCUT2D eigenvalue weighted by Crippen LogP contribution is -2.53. The van der Waals surface area contributed by atoms with Crippen LogP contribution in [0.3, 0.4) is 0 Å². The zero-order valence-electron chi connectivity index (χ0n) is 21.6. The van der Waals surface area contributed by atoms with E-state index in [0.29, 0.717) is 61.3 Å². The first-order chi connectivity index (χ1) is 17.7. The first-order valence-corrected chi connectivity index (χ1v) is 13.2. The molecule has 2 aromatic carbocycles. The summed E-state index contributed by atoms with van der Waals surface area (Å²) in [5.41, 5.74) is 1.88. The van der Waals surface area contributed by atoms with E-state index in [-0.39, 0.29) is 23.8 Å². The fourth-order valence-corrected chi connectivity index (χ4v) is 5.59. The van der Waals surface area contributed by atoms with E-state index in [2.05, 4.69) is 19.2 Å². The van der Waals surface area contributed by atoms with Gasteiger partial charge in [-0.1, -0.05) is 26.0 Å². The summed E-state index contributed by atoms with van der Waals surface area (Å²) in [6, 6.07) is 9.90. The van der Waals surface area contributed by atoms with Gasteiger partial charge in [0.15, 0.2) is 0 Å². The number of aryl methyl sites for hydroxylation is 1. The van der Waals surface area contributed by atoms with Crippen LogP contribution >= 0.6 is 0 Å². The van der Waals surface area contributed by atoms with Crippen molar-refractivity contribution in [2.45, 2.75) is 64.6 Å². The van der Waals surface area contributed by atoms with Crippen molar-refractivity contribution >= 4 is 23.4 Å². The number of carbonyl (C=O) groups excluding carboxylic acids is 3. The molecule has 3 fully saturated rings. The topological polar surface area (TPSA) is 79.0 Å². The van der Waals surface area contributed by atoms with Crippen LogP contribution in [0.1, 0.15) is 55.5 Å². The number of ether oxygens (including phenoxy) is 1. The molecule has 2 aromatic rings. The number of likely N-dealkylation sites (tertiary alicyclic amines) is 2. The minimum atomic E-state index is -0.615. The standard InChI is InChI=1S/C29H34FN3O4/c1-17(2)16-37-25-8-4-6-18(3)26(25)31-27(34)24-15-20-14-23(20)33(24)29(36)22-7-5-13-32(22)28(35)19-9-11-21(30)12-10-19/h4,6,8-12,17,20,22-24H,5,7,13-16H2,1-3H3,(H,31,34)/t20-,22-,23-,24+/m0/s1. The molecule has 5 rings (SSSR count). The number of piperidine rings is 1. The Kier molecular flexibility index (Phi) is 6.92. The Morgan fingerprint density at radius 2 is 1.84 bits per heavy atom. The van der Waals surface area contributed by atoms with Gasteiger partial charge in [0.25, 0.3) is 5.91 Å². The summed E-state index contributed by atoms with van der Waals surface area (Å²) in [5.74, 6) is 0.188. The van der Waals surface area contributed by atoms with E-state index >= 15 is 0 Å². The number of amides is 3. The van der Waals surface area contributed by atoms with E-state index in [9.17, 15) is 18.8 Å². The average Bonchev–Trinajstić information content (AvgIpc) is 3.29. The molecule has 0 radical (unpaired) electrons. The number of anilines is 1. The number of hydrogen-bond donors (Lipinski definition) is 1. The largest absolute Gasteiger partial charge is 0.491 e. The normalized spacial score (nSPS) is 24.2. The van der Waals surface area contributed by atoms with E-state index in [1.165, 1.54) is 24.3 Å².